The van der Waals surface area contributed by atoms with Crippen molar-refractivity contribution in [1.82, 2.24) is 9.88 Å². The number of pyridine rings is 1. The maximum atomic E-state index is 13.8. The average Bonchev–Trinajstić information content (AvgIpc) is 3.49. The third-order valence-electron chi connectivity index (χ3n) is 8.07. The molecule has 0 radical (unpaired) electrons. The number of benzene rings is 1. The zero-order valence-electron chi connectivity index (χ0n) is 19.1. The molecule has 1 spiro atoms. The van der Waals surface area contributed by atoms with Crippen LogP contribution in [-0.4, -0.2) is 48.7 Å². The fourth-order valence-electron chi connectivity index (χ4n) is 6.13. The molecule has 2 aromatic rings. The molecule has 2 saturated heterocycles. The molecule has 2 aliphatic heterocycles. The van der Waals surface area contributed by atoms with Crippen LogP contribution in [0.4, 0.5) is 0 Å². The predicted molar refractivity (Wildman–Crippen MR) is 124 cm³/mol. The van der Waals surface area contributed by atoms with E-state index in [0.717, 1.165) is 88.1 Å². The van der Waals surface area contributed by atoms with Crippen LogP contribution in [0.2, 0.25) is 0 Å². The van der Waals surface area contributed by atoms with Crippen LogP contribution in [0.3, 0.4) is 0 Å². The number of likely N-dealkylation sites (tertiary alicyclic amines) is 1. The zero-order valence-corrected chi connectivity index (χ0v) is 19.1. The van der Waals surface area contributed by atoms with Gasteiger partial charge >= 0.3 is 0 Å². The first-order valence-corrected chi connectivity index (χ1v) is 12.1. The van der Waals surface area contributed by atoms with Crippen LogP contribution in [0, 0.1) is 5.41 Å². The van der Waals surface area contributed by atoms with E-state index in [1.807, 2.05) is 30.5 Å². The maximum Gasteiger partial charge on any atom is 0.233 e. The first kappa shape index (κ1) is 21.4. The molecule has 1 amide bonds. The van der Waals surface area contributed by atoms with Crippen molar-refractivity contribution in [3.8, 4) is 5.75 Å². The Morgan fingerprint density at radius 2 is 1.84 bits per heavy atom. The molecule has 1 aromatic carbocycles. The summed E-state index contributed by atoms with van der Waals surface area (Å²) in [4.78, 5) is 20.4. The van der Waals surface area contributed by atoms with E-state index < -0.39 is 0 Å². The molecular weight excluding hydrogens is 400 g/mol. The molecule has 5 heteroatoms. The third-order valence-corrected chi connectivity index (χ3v) is 8.07. The van der Waals surface area contributed by atoms with Crippen molar-refractivity contribution in [2.75, 3.05) is 26.8 Å². The normalized spacial score (nSPS) is 24.0. The van der Waals surface area contributed by atoms with Gasteiger partial charge in [0, 0.05) is 31.4 Å². The van der Waals surface area contributed by atoms with Crippen LogP contribution in [0.1, 0.15) is 56.2 Å². The van der Waals surface area contributed by atoms with Gasteiger partial charge in [0.05, 0.1) is 25.2 Å². The molecule has 1 aliphatic carbocycles. The molecule has 5 rings (SSSR count). The molecule has 5 nitrogen and oxygen atoms in total. The highest BCUT2D eigenvalue weighted by atomic mass is 16.5. The topological polar surface area (TPSA) is 51.7 Å². The predicted octanol–water partition coefficient (Wildman–Crippen LogP) is 4.54. The van der Waals surface area contributed by atoms with Crippen LogP contribution in [-0.2, 0) is 21.4 Å². The molecule has 32 heavy (non-hydrogen) atoms. The van der Waals surface area contributed by atoms with Crippen molar-refractivity contribution >= 4 is 5.91 Å². The van der Waals surface area contributed by atoms with Crippen LogP contribution >= 0.6 is 0 Å². The van der Waals surface area contributed by atoms with E-state index in [1.54, 1.807) is 7.11 Å². The van der Waals surface area contributed by atoms with Crippen LogP contribution < -0.4 is 4.74 Å². The molecule has 1 saturated carbocycles. The lowest BCUT2D eigenvalue weighted by Crippen LogP contribution is -2.50. The number of piperidine rings is 1. The van der Waals surface area contributed by atoms with Gasteiger partial charge in [-0.3, -0.25) is 9.78 Å². The Hall–Kier alpha value is -2.40. The van der Waals surface area contributed by atoms with Gasteiger partial charge in [-0.2, -0.15) is 0 Å². The maximum absolute atomic E-state index is 13.8. The Morgan fingerprint density at radius 1 is 1.09 bits per heavy atom. The SMILES string of the molecule is COc1ccc(C2(C(=O)N3CCC4(CC3)COC(Cc3ccccn3)C4)CCCC2)cc1. The van der Waals surface area contributed by atoms with Gasteiger partial charge in [-0.1, -0.05) is 31.0 Å². The molecule has 3 aliphatic rings. The number of hydrogen-bond acceptors (Lipinski definition) is 4. The van der Waals surface area contributed by atoms with Crippen molar-refractivity contribution in [3.05, 3.63) is 59.9 Å². The number of rotatable bonds is 5. The van der Waals surface area contributed by atoms with Crippen molar-refractivity contribution in [2.24, 2.45) is 5.41 Å². The second kappa shape index (κ2) is 8.86. The molecule has 1 aromatic heterocycles. The lowest BCUT2D eigenvalue weighted by Gasteiger charge is -2.42. The van der Waals surface area contributed by atoms with Crippen molar-refractivity contribution in [1.29, 1.82) is 0 Å². The summed E-state index contributed by atoms with van der Waals surface area (Å²) in [6.07, 6.45) is 10.3. The quantitative estimate of drug-likeness (QED) is 0.693. The van der Waals surface area contributed by atoms with Gasteiger partial charge in [0.1, 0.15) is 5.75 Å². The Labute approximate surface area is 191 Å². The van der Waals surface area contributed by atoms with Gasteiger partial charge in [-0.25, -0.2) is 0 Å². The van der Waals surface area contributed by atoms with E-state index in [4.69, 9.17) is 9.47 Å². The van der Waals surface area contributed by atoms with Crippen molar-refractivity contribution in [3.63, 3.8) is 0 Å². The van der Waals surface area contributed by atoms with E-state index in [-0.39, 0.29) is 16.9 Å². The smallest absolute Gasteiger partial charge is 0.233 e. The molecule has 1 atom stereocenters. The Bertz CT molecular complexity index is 914. The highest BCUT2D eigenvalue weighted by Gasteiger charge is 2.48. The number of ether oxygens (including phenoxy) is 2. The number of amides is 1. The van der Waals surface area contributed by atoms with E-state index in [0.29, 0.717) is 5.91 Å². The molecule has 3 fully saturated rings. The summed E-state index contributed by atoms with van der Waals surface area (Å²) in [6.45, 7) is 2.50. The summed E-state index contributed by atoms with van der Waals surface area (Å²) in [7, 11) is 1.68. The van der Waals surface area contributed by atoms with Crippen LogP contribution in [0.25, 0.3) is 0 Å². The van der Waals surface area contributed by atoms with Crippen molar-refractivity contribution < 1.29 is 14.3 Å². The summed E-state index contributed by atoms with van der Waals surface area (Å²) in [5, 5.41) is 0. The van der Waals surface area contributed by atoms with Gasteiger partial charge < -0.3 is 14.4 Å². The first-order chi connectivity index (χ1) is 15.6. The summed E-state index contributed by atoms with van der Waals surface area (Å²) in [6, 6.07) is 14.3. The monoisotopic (exact) mass is 434 g/mol. The fourth-order valence-corrected chi connectivity index (χ4v) is 6.13. The minimum atomic E-state index is -0.357. The average molecular weight is 435 g/mol. The summed E-state index contributed by atoms with van der Waals surface area (Å²) < 4.78 is 11.5. The second-order valence-electron chi connectivity index (χ2n) is 9.97. The first-order valence-electron chi connectivity index (χ1n) is 12.1. The minimum absolute atomic E-state index is 0.221. The highest BCUT2D eigenvalue weighted by molar-refractivity contribution is 5.88. The summed E-state index contributed by atoms with van der Waals surface area (Å²) in [5.41, 5.74) is 2.12. The summed E-state index contributed by atoms with van der Waals surface area (Å²) in [5.74, 6) is 1.18. The van der Waals surface area contributed by atoms with E-state index >= 15 is 0 Å². The van der Waals surface area contributed by atoms with Gasteiger partial charge in [0.2, 0.25) is 5.91 Å². The number of methoxy groups -OCH3 is 1. The second-order valence-corrected chi connectivity index (χ2v) is 9.97. The number of aromatic nitrogens is 1. The number of carbonyl (C=O) groups excluding carboxylic acids is 1. The van der Waals surface area contributed by atoms with Gasteiger partial charge in [0.25, 0.3) is 0 Å². The minimum Gasteiger partial charge on any atom is -0.497 e. The zero-order chi connectivity index (χ0) is 22.0. The number of nitrogens with zero attached hydrogens (tertiary/aromatic N) is 2. The molecule has 0 bridgehead atoms. The van der Waals surface area contributed by atoms with Crippen LogP contribution in [0.15, 0.2) is 48.7 Å². The Balaban J connectivity index is 1.24. The van der Waals surface area contributed by atoms with Crippen LogP contribution in [0.5, 0.6) is 5.75 Å². The third kappa shape index (κ3) is 4.03. The highest BCUT2D eigenvalue weighted by Crippen LogP contribution is 2.46. The van der Waals surface area contributed by atoms with E-state index in [1.165, 1.54) is 0 Å². The number of hydrogen-bond donors (Lipinski definition) is 0. The largest absolute Gasteiger partial charge is 0.497 e. The van der Waals surface area contributed by atoms with Gasteiger partial charge in [-0.15, -0.1) is 0 Å². The van der Waals surface area contributed by atoms with Gasteiger partial charge in [-0.05, 0) is 67.3 Å². The summed E-state index contributed by atoms with van der Waals surface area (Å²) >= 11 is 0. The molecule has 170 valence electrons. The van der Waals surface area contributed by atoms with E-state index in [9.17, 15) is 4.79 Å². The molecule has 1 unspecified atom stereocenters. The molecular formula is C27H34N2O3. The fraction of sp³-hybridized carbons (Fsp3) is 0.556. The molecule has 3 heterocycles. The standard InChI is InChI=1S/C27H34N2O3/c1-31-23-9-7-21(8-10-23)27(11-3-4-12-27)25(30)29-16-13-26(14-17-29)19-24(32-20-26)18-22-6-2-5-15-28-22/h2,5-10,15,24H,3-4,11-14,16-20H2,1H3. The molecule has 0 N–H and O–H groups in total. The Morgan fingerprint density at radius 3 is 2.50 bits per heavy atom. The number of carbonyl (C=O) groups is 1. The van der Waals surface area contributed by atoms with Crippen molar-refractivity contribution in [2.45, 2.75) is 62.9 Å². The lowest BCUT2D eigenvalue weighted by molar-refractivity contribution is -0.139. The van der Waals surface area contributed by atoms with Gasteiger partial charge in [0.15, 0.2) is 0 Å². The lowest BCUT2D eigenvalue weighted by atomic mass is 9.74. The Kier molecular flexibility index (Phi) is 5.93. The van der Waals surface area contributed by atoms with E-state index in [2.05, 4.69) is 28.1 Å².